The van der Waals surface area contributed by atoms with Crippen molar-refractivity contribution in [1.82, 2.24) is 25.7 Å². The van der Waals surface area contributed by atoms with Gasteiger partial charge in [-0.15, -0.1) is 0 Å². The molecule has 1 saturated heterocycles. The number of likely N-dealkylation sites (tertiary alicyclic amines) is 1. The van der Waals surface area contributed by atoms with Gasteiger partial charge in [-0.05, 0) is 44.2 Å². The Hall–Kier alpha value is -3.73. The highest BCUT2D eigenvalue weighted by atomic mass is 19.1. The lowest BCUT2D eigenvalue weighted by Gasteiger charge is -2.38. The van der Waals surface area contributed by atoms with Crippen molar-refractivity contribution in [3.05, 3.63) is 71.4 Å². The molecule has 2 fully saturated rings. The van der Waals surface area contributed by atoms with E-state index in [-0.39, 0.29) is 23.4 Å². The van der Waals surface area contributed by atoms with Crippen LogP contribution in [0, 0.1) is 29.3 Å². The molecular weight excluding hydrogens is 499 g/mol. The molecule has 2 aromatic heterocycles. The van der Waals surface area contributed by atoms with Crippen LogP contribution in [0.15, 0.2) is 47.1 Å². The van der Waals surface area contributed by atoms with E-state index in [4.69, 9.17) is 4.52 Å². The van der Waals surface area contributed by atoms with Crippen molar-refractivity contribution >= 4 is 11.8 Å². The monoisotopic (exact) mass is 527 g/mol. The van der Waals surface area contributed by atoms with Crippen molar-refractivity contribution in [3.8, 4) is 11.3 Å². The number of amides is 2. The second-order valence-corrected chi connectivity index (χ2v) is 9.98. The van der Waals surface area contributed by atoms with Crippen molar-refractivity contribution in [2.75, 3.05) is 19.6 Å². The zero-order valence-corrected chi connectivity index (χ0v) is 20.8. The van der Waals surface area contributed by atoms with Gasteiger partial charge in [-0.1, -0.05) is 11.2 Å². The number of hydrogen-bond donors (Lipinski definition) is 2. The van der Waals surface area contributed by atoms with Crippen LogP contribution in [0.5, 0.6) is 0 Å². The van der Waals surface area contributed by atoms with E-state index in [0.717, 1.165) is 24.8 Å². The van der Waals surface area contributed by atoms with Crippen molar-refractivity contribution in [3.63, 3.8) is 0 Å². The molecule has 38 heavy (non-hydrogen) atoms. The van der Waals surface area contributed by atoms with Crippen LogP contribution in [-0.2, 0) is 4.79 Å². The van der Waals surface area contributed by atoms with E-state index in [2.05, 4.69) is 25.7 Å². The molecule has 8 nitrogen and oxygen atoms in total. The van der Waals surface area contributed by atoms with E-state index in [1.807, 2.05) is 19.1 Å². The lowest BCUT2D eigenvalue weighted by molar-refractivity contribution is -0.128. The molecule has 5 rings (SSSR count). The van der Waals surface area contributed by atoms with Gasteiger partial charge >= 0.3 is 0 Å². The Morgan fingerprint density at radius 2 is 1.89 bits per heavy atom. The average Bonchev–Trinajstić information content (AvgIpc) is 3.57. The summed E-state index contributed by atoms with van der Waals surface area (Å²) >= 11 is 0. The molecule has 11 heteroatoms. The second-order valence-electron chi connectivity index (χ2n) is 9.98. The lowest BCUT2D eigenvalue weighted by Crippen LogP contribution is -2.56. The third-order valence-electron chi connectivity index (χ3n) is 7.05. The molecule has 1 aromatic carbocycles. The Kier molecular flexibility index (Phi) is 7.46. The number of hydrogen-bond acceptors (Lipinski definition) is 6. The standard InChI is InChI=1S/C27H28F3N5O3/c1-15(21-4-2-3-8-31-21)32-26(36)18-14-35(13-16-5-6-16)9-7-22(18)33-27(37)23-12-24(38-34-23)25-19(29)10-17(28)11-20(25)30/h2-4,8,10-12,15-16,18,22H,5-7,9,13-14H2,1H3,(H,32,36)(H,33,37)/t15-,18+,22+/m1/s1. The minimum absolute atomic E-state index is 0.203. The highest BCUT2D eigenvalue weighted by molar-refractivity contribution is 5.94. The number of carbonyl (C=O) groups is 2. The second kappa shape index (κ2) is 10.9. The summed E-state index contributed by atoms with van der Waals surface area (Å²) in [5, 5.41) is 9.52. The van der Waals surface area contributed by atoms with Crippen molar-refractivity contribution in [2.24, 2.45) is 11.8 Å². The molecule has 0 unspecified atom stereocenters. The maximum Gasteiger partial charge on any atom is 0.273 e. The molecule has 1 aliphatic carbocycles. The highest BCUT2D eigenvalue weighted by Crippen LogP contribution is 2.32. The van der Waals surface area contributed by atoms with Gasteiger partial charge in [0, 0.05) is 50.1 Å². The predicted octanol–water partition coefficient (Wildman–Crippen LogP) is 3.86. The van der Waals surface area contributed by atoms with Crippen LogP contribution in [0.3, 0.4) is 0 Å². The van der Waals surface area contributed by atoms with Crippen LogP contribution < -0.4 is 10.6 Å². The van der Waals surface area contributed by atoms with Crippen molar-refractivity contribution in [2.45, 2.75) is 38.3 Å². The van der Waals surface area contributed by atoms with Crippen LogP contribution in [0.4, 0.5) is 13.2 Å². The molecule has 3 heterocycles. The number of nitrogens with one attached hydrogen (secondary N) is 2. The van der Waals surface area contributed by atoms with Crippen LogP contribution >= 0.6 is 0 Å². The van der Waals surface area contributed by atoms with E-state index in [1.54, 1.807) is 12.3 Å². The van der Waals surface area contributed by atoms with Gasteiger partial charge in [-0.2, -0.15) is 0 Å². The fraction of sp³-hybridized carbons (Fsp3) is 0.407. The van der Waals surface area contributed by atoms with Gasteiger partial charge < -0.3 is 20.1 Å². The van der Waals surface area contributed by atoms with E-state index < -0.39 is 40.9 Å². The summed E-state index contributed by atoms with van der Waals surface area (Å²) in [6.45, 7) is 3.97. The molecule has 2 aliphatic rings. The third-order valence-corrected chi connectivity index (χ3v) is 7.05. The number of rotatable bonds is 8. The zero-order valence-electron chi connectivity index (χ0n) is 20.8. The number of benzene rings is 1. The fourth-order valence-electron chi connectivity index (χ4n) is 4.84. The molecule has 1 saturated carbocycles. The first-order chi connectivity index (χ1) is 18.3. The molecule has 0 radical (unpaired) electrons. The summed E-state index contributed by atoms with van der Waals surface area (Å²) in [7, 11) is 0. The Bertz CT molecular complexity index is 1290. The minimum atomic E-state index is -1.17. The normalized spacial score (nSPS) is 20.6. The molecule has 3 aromatic rings. The number of piperidine rings is 1. The van der Waals surface area contributed by atoms with Crippen molar-refractivity contribution in [1.29, 1.82) is 0 Å². The molecule has 2 N–H and O–H groups in total. The Morgan fingerprint density at radius 1 is 1.13 bits per heavy atom. The maximum absolute atomic E-state index is 14.2. The van der Waals surface area contributed by atoms with Crippen LogP contribution in [-0.4, -0.2) is 52.5 Å². The van der Waals surface area contributed by atoms with E-state index >= 15 is 0 Å². The maximum atomic E-state index is 14.2. The Morgan fingerprint density at radius 3 is 2.58 bits per heavy atom. The van der Waals surface area contributed by atoms with Gasteiger partial charge in [0.1, 0.15) is 17.5 Å². The molecule has 1 aliphatic heterocycles. The van der Waals surface area contributed by atoms with Crippen LogP contribution in [0.1, 0.15) is 48.4 Å². The summed E-state index contributed by atoms with van der Waals surface area (Å²) in [5.41, 5.74) is -0.0980. The number of aromatic nitrogens is 2. The highest BCUT2D eigenvalue weighted by Gasteiger charge is 2.38. The predicted molar refractivity (Wildman–Crippen MR) is 131 cm³/mol. The Labute approximate surface area is 217 Å². The SMILES string of the molecule is C[C@@H](NC(=O)[C@H]1CN(CC2CC2)CC[C@@H]1NC(=O)c1cc(-c2c(F)cc(F)cc2F)on1)c1ccccn1. The zero-order chi connectivity index (χ0) is 26.8. The van der Waals surface area contributed by atoms with E-state index in [0.29, 0.717) is 31.0 Å². The van der Waals surface area contributed by atoms with Crippen LogP contribution in [0.25, 0.3) is 11.3 Å². The number of pyridine rings is 1. The smallest absolute Gasteiger partial charge is 0.273 e. The summed E-state index contributed by atoms with van der Waals surface area (Å²) in [5.74, 6) is -4.49. The molecule has 3 atom stereocenters. The summed E-state index contributed by atoms with van der Waals surface area (Å²) < 4.78 is 46.6. The number of carbonyl (C=O) groups excluding carboxylic acids is 2. The first kappa shape index (κ1) is 25.9. The number of halogens is 3. The van der Waals surface area contributed by atoms with Gasteiger partial charge in [0.05, 0.1) is 23.2 Å². The summed E-state index contributed by atoms with van der Waals surface area (Å²) in [6, 6.07) is 6.80. The largest absolute Gasteiger partial charge is 0.355 e. The van der Waals surface area contributed by atoms with E-state index in [1.165, 1.54) is 12.8 Å². The van der Waals surface area contributed by atoms with Crippen molar-refractivity contribution < 1.29 is 27.3 Å². The van der Waals surface area contributed by atoms with Gasteiger partial charge in [0.15, 0.2) is 11.5 Å². The number of nitrogens with zero attached hydrogens (tertiary/aromatic N) is 3. The molecular formula is C27H28F3N5O3. The van der Waals surface area contributed by atoms with E-state index in [9.17, 15) is 22.8 Å². The third kappa shape index (κ3) is 5.88. The van der Waals surface area contributed by atoms with Gasteiger partial charge in [-0.3, -0.25) is 14.6 Å². The molecule has 0 spiro atoms. The van der Waals surface area contributed by atoms with Gasteiger partial charge in [0.2, 0.25) is 5.91 Å². The van der Waals surface area contributed by atoms with Gasteiger partial charge in [-0.25, -0.2) is 13.2 Å². The quantitative estimate of drug-likeness (QED) is 0.462. The molecule has 2 amide bonds. The first-order valence-corrected chi connectivity index (χ1v) is 12.6. The van der Waals surface area contributed by atoms with Crippen LogP contribution in [0.2, 0.25) is 0 Å². The van der Waals surface area contributed by atoms with Gasteiger partial charge in [0.25, 0.3) is 5.91 Å². The Balaban J connectivity index is 1.30. The lowest BCUT2D eigenvalue weighted by atomic mass is 9.90. The average molecular weight is 528 g/mol. The molecule has 0 bridgehead atoms. The summed E-state index contributed by atoms with van der Waals surface area (Å²) in [4.78, 5) is 33.0. The minimum Gasteiger partial charge on any atom is -0.355 e. The first-order valence-electron chi connectivity index (χ1n) is 12.6. The molecule has 200 valence electrons. The fourth-order valence-corrected chi connectivity index (χ4v) is 4.84. The summed E-state index contributed by atoms with van der Waals surface area (Å²) in [6.07, 6.45) is 4.58. The topological polar surface area (TPSA) is 100 Å².